The molecule has 0 saturated heterocycles. The summed E-state index contributed by atoms with van der Waals surface area (Å²) in [5, 5.41) is 5.65. The van der Waals surface area contributed by atoms with Crippen molar-refractivity contribution < 1.29 is 9.59 Å². The molecule has 5 nitrogen and oxygen atoms in total. The Morgan fingerprint density at radius 3 is 2.78 bits per heavy atom. The van der Waals surface area contributed by atoms with E-state index in [9.17, 15) is 9.59 Å². The fourth-order valence-corrected chi connectivity index (χ4v) is 1.46. The molecule has 2 N–H and O–H groups in total. The van der Waals surface area contributed by atoms with Crippen molar-refractivity contribution in [3.63, 3.8) is 0 Å². The smallest absolute Gasteiger partial charge is 0.251 e. The van der Waals surface area contributed by atoms with Crippen LogP contribution in [0.5, 0.6) is 0 Å². The minimum absolute atomic E-state index is 0.0649. The van der Waals surface area contributed by atoms with Gasteiger partial charge in [0.15, 0.2) is 0 Å². The summed E-state index contributed by atoms with van der Waals surface area (Å²) in [6.45, 7) is 2.94. The van der Waals surface area contributed by atoms with E-state index in [-0.39, 0.29) is 23.4 Å². The second kappa shape index (κ2) is 7.66. The quantitative estimate of drug-likeness (QED) is 0.767. The third kappa shape index (κ3) is 5.14. The molecule has 1 aromatic rings. The lowest BCUT2D eigenvalue weighted by Gasteiger charge is -2.06. The lowest BCUT2D eigenvalue weighted by atomic mass is 10.2. The Balaban J connectivity index is 2.31. The highest BCUT2D eigenvalue weighted by Gasteiger charge is 2.06. The Bertz CT molecular complexity index is 424. The van der Waals surface area contributed by atoms with Gasteiger partial charge in [-0.05, 0) is 18.6 Å². The summed E-state index contributed by atoms with van der Waals surface area (Å²) in [7, 11) is 0. The van der Waals surface area contributed by atoms with E-state index in [1.807, 2.05) is 6.92 Å². The highest BCUT2D eigenvalue weighted by molar-refractivity contribution is 6.29. The number of halogens is 1. The fourth-order valence-electron chi connectivity index (χ4n) is 1.29. The standard InChI is InChI=1S/C12H16ClN3O2/c1-2-5-15-11(17)4-7-16-12(18)9-3-6-14-10(13)8-9/h3,6,8H,2,4-5,7H2,1H3,(H,15,17)(H,16,18). The predicted molar refractivity (Wildman–Crippen MR) is 69.5 cm³/mol. The van der Waals surface area contributed by atoms with E-state index in [4.69, 9.17) is 11.6 Å². The molecule has 0 aromatic carbocycles. The van der Waals surface area contributed by atoms with Crippen molar-refractivity contribution in [2.75, 3.05) is 13.1 Å². The first-order valence-corrected chi connectivity index (χ1v) is 6.17. The highest BCUT2D eigenvalue weighted by atomic mass is 35.5. The average molecular weight is 270 g/mol. The van der Waals surface area contributed by atoms with E-state index in [1.54, 1.807) is 6.07 Å². The van der Waals surface area contributed by atoms with Gasteiger partial charge >= 0.3 is 0 Å². The molecule has 18 heavy (non-hydrogen) atoms. The zero-order chi connectivity index (χ0) is 13.4. The lowest BCUT2D eigenvalue weighted by Crippen LogP contribution is -2.31. The summed E-state index contributed by atoms with van der Waals surface area (Å²) >= 11 is 5.68. The number of carbonyl (C=O) groups excluding carboxylic acids is 2. The number of pyridine rings is 1. The molecule has 2 amide bonds. The van der Waals surface area contributed by atoms with Crippen LogP contribution in [0.15, 0.2) is 18.3 Å². The number of carbonyl (C=O) groups is 2. The first-order valence-electron chi connectivity index (χ1n) is 5.80. The van der Waals surface area contributed by atoms with Crippen molar-refractivity contribution in [2.45, 2.75) is 19.8 Å². The van der Waals surface area contributed by atoms with Gasteiger partial charge in [0, 0.05) is 31.3 Å². The van der Waals surface area contributed by atoms with Gasteiger partial charge in [-0.15, -0.1) is 0 Å². The molecule has 1 rings (SSSR count). The zero-order valence-corrected chi connectivity index (χ0v) is 11.0. The maximum atomic E-state index is 11.7. The van der Waals surface area contributed by atoms with Crippen molar-refractivity contribution in [3.8, 4) is 0 Å². The molecule has 1 heterocycles. The Labute approximate surface area is 111 Å². The van der Waals surface area contributed by atoms with Crippen LogP contribution in [0, 0.1) is 0 Å². The van der Waals surface area contributed by atoms with Crippen molar-refractivity contribution in [1.82, 2.24) is 15.6 Å². The molecule has 0 unspecified atom stereocenters. The van der Waals surface area contributed by atoms with E-state index < -0.39 is 0 Å². The number of aromatic nitrogens is 1. The summed E-state index contributed by atoms with van der Waals surface area (Å²) in [5.41, 5.74) is 0.434. The van der Waals surface area contributed by atoms with Crippen molar-refractivity contribution in [2.24, 2.45) is 0 Å². The first kappa shape index (κ1) is 14.4. The van der Waals surface area contributed by atoms with Gasteiger partial charge in [-0.25, -0.2) is 4.98 Å². The monoisotopic (exact) mass is 269 g/mol. The van der Waals surface area contributed by atoms with Crippen molar-refractivity contribution in [3.05, 3.63) is 29.0 Å². The number of nitrogens with one attached hydrogen (secondary N) is 2. The van der Waals surface area contributed by atoms with E-state index in [0.717, 1.165) is 6.42 Å². The van der Waals surface area contributed by atoms with Gasteiger partial charge < -0.3 is 10.6 Å². The minimum Gasteiger partial charge on any atom is -0.356 e. The number of hydrogen-bond acceptors (Lipinski definition) is 3. The normalized spacial score (nSPS) is 9.89. The van der Waals surface area contributed by atoms with E-state index in [2.05, 4.69) is 15.6 Å². The molecule has 0 aliphatic carbocycles. The average Bonchev–Trinajstić information content (AvgIpc) is 2.36. The SMILES string of the molecule is CCCNC(=O)CCNC(=O)c1ccnc(Cl)c1. The largest absolute Gasteiger partial charge is 0.356 e. The van der Waals surface area contributed by atoms with Gasteiger partial charge in [-0.1, -0.05) is 18.5 Å². The third-order valence-electron chi connectivity index (χ3n) is 2.20. The van der Waals surface area contributed by atoms with E-state index >= 15 is 0 Å². The summed E-state index contributed by atoms with van der Waals surface area (Å²) in [6.07, 6.45) is 2.63. The molecule has 6 heteroatoms. The maximum Gasteiger partial charge on any atom is 0.251 e. The van der Waals surface area contributed by atoms with Crippen LogP contribution in [-0.4, -0.2) is 29.9 Å². The van der Waals surface area contributed by atoms with Gasteiger partial charge in [0.1, 0.15) is 5.15 Å². The summed E-state index contributed by atoms with van der Waals surface area (Å²) in [4.78, 5) is 26.7. The van der Waals surface area contributed by atoms with Gasteiger partial charge in [0.05, 0.1) is 0 Å². The number of nitrogens with zero attached hydrogens (tertiary/aromatic N) is 1. The molecule has 0 spiro atoms. The summed E-state index contributed by atoms with van der Waals surface area (Å²) < 4.78 is 0. The number of hydrogen-bond donors (Lipinski definition) is 2. The number of rotatable bonds is 6. The Hall–Kier alpha value is -1.62. The summed E-state index contributed by atoms with van der Waals surface area (Å²) in [6, 6.07) is 3.05. The molecule has 0 saturated carbocycles. The zero-order valence-electron chi connectivity index (χ0n) is 10.2. The van der Waals surface area contributed by atoms with E-state index in [0.29, 0.717) is 18.7 Å². The highest BCUT2D eigenvalue weighted by Crippen LogP contribution is 2.06. The van der Waals surface area contributed by atoms with Gasteiger partial charge in [0.2, 0.25) is 5.91 Å². The Kier molecular flexibility index (Phi) is 6.14. The van der Waals surface area contributed by atoms with Crippen LogP contribution in [0.1, 0.15) is 30.1 Å². The van der Waals surface area contributed by atoms with Crippen LogP contribution in [-0.2, 0) is 4.79 Å². The van der Waals surface area contributed by atoms with Gasteiger partial charge in [0.25, 0.3) is 5.91 Å². The topological polar surface area (TPSA) is 71.1 Å². The van der Waals surface area contributed by atoms with Crippen LogP contribution in [0.4, 0.5) is 0 Å². The molecule has 0 atom stereocenters. The molecule has 0 fully saturated rings. The summed E-state index contributed by atoms with van der Waals surface area (Å²) in [5.74, 6) is -0.326. The van der Waals surface area contributed by atoms with Crippen molar-refractivity contribution in [1.29, 1.82) is 0 Å². The van der Waals surface area contributed by atoms with E-state index in [1.165, 1.54) is 12.3 Å². The Morgan fingerprint density at radius 1 is 1.33 bits per heavy atom. The molecule has 1 aromatic heterocycles. The van der Waals surface area contributed by atoms with Crippen LogP contribution in [0.2, 0.25) is 5.15 Å². The molecular formula is C12H16ClN3O2. The van der Waals surface area contributed by atoms with Gasteiger partial charge in [-0.2, -0.15) is 0 Å². The molecule has 0 radical (unpaired) electrons. The Morgan fingerprint density at radius 2 is 2.11 bits per heavy atom. The molecular weight excluding hydrogens is 254 g/mol. The second-order valence-corrected chi connectivity index (χ2v) is 4.11. The molecule has 0 aliphatic heterocycles. The fraction of sp³-hybridized carbons (Fsp3) is 0.417. The van der Waals surface area contributed by atoms with Crippen molar-refractivity contribution >= 4 is 23.4 Å². The lowest BCUT2D eigenvalue weighted by molar-refractivity contribution is -0.120. The predicted octanol–water partition coefficient (Wildman–Crippen LogP) is 1.38. The molecule has 0 bridgehead atoms. The molecule has 0 aliphatic rings. The van der Waals surface area contributed by atoms with Gasteiger partial charge in [-0.3, -0.25) is 9.59 Å². The first-order chi connectivity index (χ1) is 8.63. The third-order valence-corrected chi connectivity index (χ3v) is 2.41. The van der Waals surface area contributed by atoms with Crippen LogP contribution < -0.4 is 10.6 Å². The maximum absolute atomic E-state index is 11.7. The molecule has 98 valence electrons. The minimum atomic E-state index is -0.261. The van der Waals surface area contributed by atoms with Crippen LogP contribution in [0.3, 0.4) is 0 Å². The number of amides is 2. The van der Waals surface area contributed by atoms with Crippen LogP contribution >= 0.6 is 11.6 Å². The van der Waals surface area contributed by atoms with Crippen LogP contribution in [0.25, 0.3) is 0 Å². The second-order valence-electron chi connectivity index (χ2n) is 3.72.